The monoisotopic (exact) mass is 435 g/mol. The van der Waals surface area contributed by atoms with Gasteiger partial charge in [-0.05, 0) is 55.1 Å². The third-order valence-corrected chi connectivity index (χ3v) is 7.24. The van der Waals surface area contributed by atoms with Crippen LogP contribution in [0.5, 0.6) is 0 Å². The number of carbonyl (C=O) groups is 1. The molecule has 1 aliphatic heterocycles. The molecule has 154 valence electrons. The molecule has 2 aliphatic rings. The number of rotatable bonds is 5. The maximum absolute atomic E-state index is 12.3. The first-order valence-corrected chi connectivity index (χ1v) is 11.9. The molecule has 1 aromatic carbocycles. The van der Waals surface area contributed by atoms with Crippen molar-refractivity contribution in [1.29, 1.82) is 0 Å². The van der Waals surface area contributed by atoms with E-state index in [0.29, 0.717) is 23.7 Å². The molecule has 0 saturated heterocycles. The Bertz CT molecular complexity index is 955. The third-order valence-electron chi connectivity index (χ3n) is 5.96. The van der Waals surface area contributed by atoms with Gasteiger partial charge in [-0.15, -0.1) is 0 Å². The van der Waals surface area contributed by atoms with Gasteiger partial charge < -0.3 is 15.1 Å². The molecule has 2 aromatic rings. The van der Waals surface area contributed by atoms with E-state index < -0.39 is 7.60 Å². The Morgan fingerprint density at radius 2 is 1.79 bits per heavy atom. The highest BCUT2D eigenvalue weighted by Gasteiger charge is 2.34. The minimum absolute atomic E-state index is 0.00282. The van der Waals surface area contributed by atoms with Gasteiger partial charge in [-0.1, -0.05) is 35.9 Å². The lowest BCUT2D eigenvalue weighted by molar-refractivity contribution is -0.117. The van der Waals surface area contributed by atoms with Crippen LogP contribution in [0.15, 0.2) is 30.6 Å². The van der Waals surface area contributed by atoms with Gasteiger partial charge in [0.25, 0.3) is 0 Å². The van der Waals surface area contributed by atoms with E-state index in [1.165, 1.54) is 11.9 Å². The van der Waals surface area contributed by atoms with Crippen molar-refractivity contribution in [1.82, 2.24) is 9.97 Å². The highest BCUT2D eigenvalue weighted by atomic mass is 35.5. The van der Waals surface area contributed by atoms with Crippen molar-refractivity contribution in [3.63, 3.8) is 0 Å². The van der Waals surface area contributed by atoms with E-state index in [1.807, 2.05) is 12.1 Å². The Kier molecular flexibility index (Phi) is 5.76. The molecule has 0 spiro atoms. The second-order valence-electron chi connectivity index (χ2n) is 7.98. The summed E-state index contributed by atoms with van der Waals surface area (Å²) in [4.78, 5) is 38.8. The predicted molar refractivity (Wildman–Crippen MR) is 110 cm³/mol. The van der Waals surface area contributed by atoms with Crippen molar-refractivity contribution in [3.05, 3.63) is 52.6 Å². The fraction of sp³-hybridized carbons (Fsp3) is 0.450. The van der Waals surface area contributed by atoms with Gasteiger partial charge in [0.2, 0.25) is 5.91 Å². The Morgan fingerprint density at radius 3 is 2.45 bits per heavy atom. The Morgan fingerprint density at radius 1 is 1.10 bits per heavy atom. The average molecular weight is 436 g/mol. The summed E-state index contributed by atoms with van der Waals surface area (Å²) in [5.41, 5.74) is 3.44. The van der Waals surface area contributed by atoms with E-state index >= 15 is 0 Å². The topological polar surface area (TPSA) is 112 Å². The molecule has 1 aromatic heterocycles. The molecule has 4 rings (SSSR count). The van der Waals surface area contributed by atoms with Crippen LogP contribution in [-0.2, 0) is 15.8 Å². The van der Waals surface area contributed by atoms with Crippen LogP contribution >= 0.6 is 19.2 Å². The summed E-state index contributed by atoms with van der Waals surface area (Å²) in [5.74, 6) is 0.0366. The standard InChI is InChI=1S/C20H23ClN3O4P/c21-19-18-17(22-11-23-19)16(20(25)24-18)9-12-1-5-14(6-2-12)15-7-3-13(4-8-15)10-29(26,27)28/h1-2,5-6,11,13,15-16H,3-4,7-10H2,(H,24,25)(H2,26,27,28). The number of hydrogen-bond donors (Lipinski definition) is 3. The lowest BCUT2D eigenvalue weighted by Crippen LogP contribution is -2.17. The fourth-order valence-electron chi connectivity index (χ4n) is 4.46. The normalized spacial score (nSPS) is 24.2. The van der Waals surface area contributed by atoms with Crippen LogP contribution in [0.1, 0.15) is 54.3 Å². The molecule has 3 N–H and O–H groups in total. The lowest BCUT2D eigenvalue weighted by Gasteiger charge is -2.29. The first-order valence-electron chi connectivity index (χ1n) is 9.75. The molecular formula is C20H23ClN3O4P. The highest BCUT2D eigenvalue weighted by Crippen LogP contribution is 2.44. The van der Waals surface area contributed by atoms with Gasteiger partial charge in [-0.25, -0.2) is 9.97 Å². The first-order chi connectivity index (χ1) is 13.8. The van der Waals surface area contributed by atoms with Gasteiger partial charge in [0.1, 0.15) is 12.0 Å². The molecule has 0 bridgehead atoms. The predicted octanol–water partition coefficient (Wildman–Crippen LogP) is 3.86. The zero-order chi connectivity index (χ0) is 20.6. The molecule has 7 nitrogen and oxygen atoms in total. The van der Waals surface area contributed by atoms with Crippen LogP contribution in [0.2, 0.25) is 5.15 Å². The second kappa shape index (κ2) is 8.15. The molecule has 1 saturated carbocycles. The van der Waals surface area contributed by atoms with Gasteiger partial charge in [-0.3, -0.25) is 9.36 Å². The smallest absolute Gasteiger partial charge is 0.324 e. The quantitative estimate of drug-likeness (QED) is 0.485. The summed E-state index contributed by atoms with van der Waals surface area (Å²) >= 11 is 6.05. The van der Waals surface area contributed by atoms with Gasteiger partial charge in [0.05, 0.1) is 17.8 Å². The minimum Gasteiger partial charge on any atom is -0.324 e. The summed E-state index contributed by atoms with van der Waals surface area (Å²) in [7, 11) is -3.93. The molecule has 2 heterocycles. The van der Waals surface area contributed by atoms with Gasteiger partial charge in [-0.2, -0.15) is 0 Å². The number of nitrogens with one attached hydrogen (secondary N) is 1. The van der Waals surface area contributed by atoms with E-state index in [2.05, 4.69) is 27.4 Å². The minimum atomic E-state index is -3.93. The number of amides is 1. The maximum Gasteiger partial charge on any atom is 0.325 e. The number of carbonyl (C=O) groups excluding carboxylic acids is 1. The van der Waals surface area contributed by atoms with Crippen LogP contribution in [-0.4, -0.2) is 31.8 Å². The molecule has 1 fully saturated rings. The fourth-order valence-corrected chi connectivity index (χ4v) is 5.68. The van der Waals surface area contributed by atoms with E-state index in [4.69, 9.17) is 21.4 Å². The number of fused-ring (bicyclic) bond motifs is 1. The SMILES string of the molecule is O=C1Nc2c(Cl)ncnc2C1Cc1ccc(C2CCC(CP(=O)(O)O)CC2)cc1. The van der Waals surface area contributed by atoms with Crippen LogP contribution in [0.3, 0.4) is 0 Å². The number of nitrogens with zero attached hydrogens (tertiary/aromatic N) is 2. The largest absolute Gasteiger partial charge is 0.325 e. The lowest BCUT2D eigenvalue weighted by atomic mass is 9.79. The van der Waals surface area contributed by atoms with Crippen molar-refractivity contribution in [2.24, 2.45) is 5.92 Å². The summed E-state index contributed by atoms with van der Waals surface area (Å²) in [6, 6.07) is 8.30. The second-order valence-corrected chi connectivity index (χ2v) is 10.0. The van der Waals surface area contributed by atoms with E-state index in [0.717, 1.165) is 31.2 Å². The van der Waals surface area contributed by atoms with Crippen LogP contribution < -0.4 is 5.32 Å². The zero-order valence-corrected chi connectivity index (χ0v) is 17.4. The van der Waals surface area contributed by atoms with Crippen molar-refractivity contribution in [2.45, 2.75) is 43.9 Å². The first kappa shape index (κ1) is 20.5. The van der Waals surface area contributed by atoms with Crippen molar-refractivity contribution in [3.8, 4) is 0 Å². The van der Waals surface area contributed by atoms with Crippen molar-refractivity contribution < 1.29 is 19.1 Å². The van der Waals surface area contributed by atoms with E-state index in [1.54, 1.807) is 0 Å². The summed E-state index contributed by atoms with van der Waals surface area (Å²) in [6.07, 6.45) is 5.49. The van der Waals surface area contributed by atoms with Crippen LogP contribution in [0.4, 0.5) is 5.69 Å². The Labute approximate surface area is 174 Å². The molecule has 1 unspecified atom stereocenters. The highest BCUT2D eigenvalue weighted by molar-refractivity contribution is 7.51. The van der Waals surface area contributed by atoms with Gasteiger partial charge in [0, 0.05) is 0 Å². The van der Waals surface area contributed by atoms with Gasteiger partial charge >= 0.3 is 7.60 Å². The number of hydrogen-bond acceptors (Lipinski definition) is 4. The van der Waals surface area contributed by atoms with E-state index in [-0.39, 0.29) is 29.1 Å². The van der Waals surface area contributed by atoms with Gasteiger partial charge in [0.15, 0.2) is 5.15 Å². The number of benzene rings is 1. The van der Waals surface area contributed by atoms with Crippen LogP contribution in [0, 0.1) is 5.92 Å². The summed E-state index contributed by atoms with van der Waals surface area (Å²) in [6.45, 7) is 0. The summed E-state index contributed by atoms with van der Waals surface area (Å²) in [5, 5.41) is 3.03. The third kappa shape index (κ3) is 4.69. The molecule has 1 amide bonds. The number of anilines is 1. The molecule has 29 heavy (non-hydrogen) atoms. The maximum atomic E-state index is 12.3. The zero-order valence-electron chi connectivity index (χ0n) is 15.8. The molecule has 1 aliphatic carbocycles. The molecule has 0 radical (unpaired) electrons. The number of halogens is 1. The summed E-state index contributed by atoms with van der Waals surface area (Å²) < 4.78 is 11.2. The van der Waals surface area contributed by atoms with Crippen molar-refractivity contribution >= 4 is 30.8 Å². The van der Waals surface area contributed by atoms with E-state index in [9.17, 15) is 9.36 Å². The molecular weight excluding hydrogens is 413 g/mol. The molecule has 9 heteroatoms. The Hall–Kier alpha value is -1.79. The molecule has 1 atom stereocenters. The van der Waals surface area contributed by atoms with Crippen molar-refractivity contribution in [2.75, 3.05) is 11.5 Å². The average Bonchev–Trinajstić information content (AvgIpc) is 2.99. The van der Waals surface area contributed by atoms with Crippen LogP contribution in [0.25, 0.3) is 0 Å². The number of aromatic nitrogens is 2. The Balaban J connectivity index is 1.39.